The van der Waals surface area contributed by atoms with Gasteiger partial charge in [0.05, 0.1) is 0 Å². The van der Waals surface area contributed by atoms with Gasteiger partial charge in [0.15, 0.2) is 0 Å². The van der Waals surface area contributed by atoms with Crippen LogP contribution in [0.15, 0.2) is 5.16 Å². The number of likely N-dealkylation sites (tertiary alicyclic amines) is 1. The Morgan fingerprint density at radius 2 is 2.21 bits per heavy atom. The third kappa shape index (κ3) is 2.62. The van der Waals surface area contributed by atoms with Crippen LogP contribution >= 0.6 is 11.8 Å². The lowest BCUT2D eigenvalue weighted by Gasteiger charge is -2.12. The largest absolute Gasteiger partial charge is 0.368 e. The van der Waals surface area contributed by atoms with Gasteiger partial charge in [0.1, 0.15) is 0 Å². The number of aromatic nitrogens is 3. The van der Waals surface area contributed by atoms with Crippen molar-refractivity contribution < 1.29 is 0 Å². The maximum absolute atomic E-state index is 5.42. The zero-order chi connectivity index (χ0) is 9.80. The second-order valence-corrected chi connectivity index (χ2v) is 4.46. The van der Waals surface area contributed by atoms with Gasteiger partial charge in [-0.3, -0.25) is 0 Å². The summed E-state index contributed by atoms with van der Waals surface area (Å²) in [6, 6.07) is 0. The minimum atomic E-state index is 0.397. The van der Waals surface area contributed by atoms with Gasteiger partial charge in [0, 0.05) is 12.3 Å². The third-order valence-corrected chi connectivity index (χ3v) is 3.15. The van der Waals surface area contributed by atoms with E-state index in [4.69, 9.17) is 5.73 Å². The first-order valence-electron chi connectivity index (χ1n) is 4.87. The molecular formula is C8H15N5S. The lowest BCUT2D eigenvalue weighted by Crippen LogP contribution is -2.21. The standard InChI is InChI=1S/C8H15N5S/c9-7-10-8(12-11-7)14-6-5-13-3-1-2-4-13/h1-6H2,(H3,9,10,11,12). The molecule has 6 heteroatoms. The molecule has 0 unspecified atom stereocenters. The molecule has 3 N–H and O–H groups in total. The normalized spacial score (nSPS) is 17.7. The summed E-state index contributed by atoms with van der Waals surface area (Å²) in [6.45, 7) is 3.62. The van der Waals surface area contributed by atoms with Crippen molar-refractivity contribution in [1.29, 1.82) is 0 Å². The Labute approximate surface area is 87.5 Å². The van der Waals surface area contributed by atoms with Crippen LogP contribution in [0.5, 0.6) is 0 Å². The van der Waals surface area contributed by atoms with Crippen LogP contribution in [0.1, 0.15) is 12.8 Å². The number of hydrogen-bond donors (Lipinski definition) is 2. The van der Waals surface area contributed by atoms with E-state index in [0.717, 1.165) is 17.5 Å². The van der Waals surface area contributed by atoms with Gasteiger partial charge in [-0.2, -0.15) is 4.98 Å². The number of nitrogen functional groups attached to an aromatic ring is 1. The molecule has 78 valence electrons. The highest BCUT2D eigenvalue weighted by atomic mass is 32.2. The number of thioether (sulfide) groups is 1. The summed E-state index contributed by atoms with van der Waals surface area (Å²) in [7, 11) is 0. The predicted molar refractivity (Wildman–Crippen MR) is 57.2 cm³/mol. The molecule has 2 heterocycles. The summed E-state index contributed by atoms with van der Waals surface area (Å²) in [5, 5.41) is 7.34. The fraction of sp³-hybridized carbons (Fsp3) is 0.750. The molecule has 0 aliphatic carbocycles. The van der Waals surface area contributed by atoms with Crippen molar-refractivity contribution in [3.63, 3.8) is 0 Å². The molecule has 0 saturated carbocycles. The summed E-state index contributed by atoms with van der Waals surface area (Å²) < 4.78 is 0. The summed E-state index contributed by atoms with van der Waals surface area (Å²) in [5.74, 6) is 1.44. The van der Waals surface area contributed by atoms with Gasteiger partial charge in [-0.05, 0) is 25.9 Å². The number of anilines is 1. The molecule has 0 spiro atoms. The summed E-state index contributed by atoms with van der Waals surface area (Å²) in [5.41, 5.74) is 5.42. The molecular weight excluding hydrogens is 198 g/mol. The number of rotatable bonds is 4. The van der Waals surface area contributed by atoms with Crippen LogP contribution in [0.4, 0.5) is 5.95 Å². The van der Waals surface area contributed by atoms with Gasteiger partial charge >= 0.3 is 0 Å². The molecule has 5 nitrogen and oxygen atoms in total. The number of H-pyrrole nitrogens is 1. The average Bonchev–Trinajstić information content (AvgIpc) is 2.77. The first-order valence-corrected chi connectivity index (χ1v) is 5.86. The van der Waals surface area contributed by atoms with Crippen LogP contribution in [-0.4, -0.2) is 45.5 Å². The fourth-order valence-electron chi connectivity index (χ4n) is 1.59. The van der Waals surface area contributed by atoms with E-state index >= 15 is 0 Å². The van der Waals surface area contributed by atoms with Crippen molar-refractivity contribution in [1.82, 2.24) is 20.1 Å². The average molecular weight is 213 g/mol. The molecule has 0 aromatic carbocycles. The van der Waals surface area contributed by atoms with Crippen molar-refractivity contribution in [2.75, 3.05) is 31.1 Å². The Balaban J connectivity index is 1.67. The third-order valence-electron chi connectivity index (χ3n) is 2.32. The molecule has 1 saturated heterocycles. The maximum Gasteiger partial charge on any atom is 0.216 e. The van der Waals surface area contributed by atoms with Gasteiger partial charge in [-0.15, -0.1) is 5.10 Å². The highest BCUT2D eigenvalue weighted by Crippen LogP contribution is 2.14. The van der Waals surface area contributed by atoms with Crippen molar-refractivity contribution >= 4 is 17.7 Å². The van der Waals surface area contributed by atoms with Crippen LogP contribution in [0.2, 0.25) is 0 Å². The molecule has 0 amide bonds. The Morgan fingerprint density at radius 1 is 1.43 bits per heavy atom. The van der Waals surface area contributed by atoms with E-state index in [1.807, 2.05) is 0 Å². The summed E-state index contributed by atoms with van der Waals surface area (Å²) in [4.78, 5) is 6.51. The highest BCUT2D eigenvalue weighted by Gasteiger charge is 2.11. The van der Waals surface area contributed by atoms with E-state index in [-0.39, 0.29) is 0 Å². The van der Waals surface area contributed by atoms with E-state index in [1.165, 1.54) is 25.9 Å². The number of nitrogens with two attached hydrogens (primary N) is 1. The van der Waals surface area contributed by atoms with E-state index in [1.54, 1.807) is 11.8 Å². The zero-order valence-electron chi connectivity index (χ0n) is 8.07. The number of nitrogens with one attached hydrogen (secondary N) is 1. The van der Waals surface area contributed by atoms with Gasteiger partial charge in [-0.25, -0.2) is 5.10 Å². The molecule has 1 aromatic heterocycles. The second-order valence-electron chi connectivity index (χ2n) is 3.40. The van der Waals surface area contributed by atoms with E-state index in [2.05, 4.69) is 20.1 Å². The topological polar surface area (TPSA) is 70.8 Å². The van der Waals surface area contributed by atoms with Gasteiger partial charge < -0.3 is 10.6 Å². The lowest BCUT2D eigenvalue weighted by atomic mass is 10.4. The van der Waals surface area contributed by atoms with Crippen LogP contribution in [-0.2, 0) is 0 Å². The van der Waals surface area contributed by atoms with Gasteiger partial charge in [-0.1, -0.05) is 11.8 Å². The van der Waals surface area contributed by atoms with Crippen LogP contribution in [0, 0.1) is 0 Å². The van der Waals surface area contributed by atoms with Crippen molar-refractivity contribution in [3.05, 3.63) is 0 Å². The summed E-state index contributed by atoms with van der Waals surface area (Å²) in [6.07, 6.45) is 2.69. The number of hydrogen-bond acceptors (Lipinski definition) is 5. The first kappa shape index (κ1) is 9.79. The zero-order valence-corrected chi connectivity index (χ0v) is 8.89. The maximum atomic E-state index is 5.42. The van der Waals surface area contributed by atoms with E-state index in [9.17, 15) is 0 Å². The molecule has 1 aromatic rings. The first-order chi connectivity index (χ1) is 6.84. The Morgan fingerprint density at radius 3 is 2.86 bits per heavy atom. The molecule has 2 rings (SSSR count). The molecule has 0 atom stereocenters. The predicted octanol–water partition coefficient (Wildman–Crippen LogP) is 0.575. The SMILES string of the molecule is Nc1nc(SCCN2CCCC2)n[nH]1. The van der Waals surface area contributed by atoms with E-state index < -0.39 is 0 Å². The van der Waals surface area contributed by atoms with Crippen LogP contribution < -0.4 is 5.73 Å². The highest BCUT2D eigenvalue weighted by molar-refractivity contribution is 7.99. The molecule has 0 radical (unpaired) electrons. The molecule has 1 aliphatic rings. The molecule has 14 heavy (non-hydrogen) atoms. The molecule has 1 fully saturated rings. The monoisotopic (exact) mass is 213 g/mol. The quantitative estimate of drug-likeness (QED) is 0.716. The lowest BCUT2D eigenvalue weighted by molar-refractivity contribution is 0.362. The number of aromatic amines is 1. The molecule has 1 aliphatic heterocycles. The minimum Gasteiger partial charge on any atom is -0.368 e. The van der Waals surface area contributed by atoms with Crippen molar-refractivity contribution in [2.24, 2.45) is 0 Å². The Hall–Kier alpha value is -0.750. The van der Waals surface area contributed by atoms with Crippen LogP contribution in [0.25, 0.3) is 0 Å². The second kappa shape index (κ2) is 4.65. The van der Waals surface area contributed by atoms with Crippen molar-refractivity contribution in [2.45, 2.75) is 18.0 Å². The van der Waals surface area contributed by atoms with Gasteiger partial charge in [0.25, 0.3) is 0 Å². The summed E-state index contributed by atoms with van der Waals surface area (Å²) >= 11 is 1.65. The van der Waals surface area contributed by atoms with E-state index in [0.29, 0.717) is 5.95 Å². The smallest absolute Gasteiger partial charge is 0.216 e. The molecule has 0 bridgehead atoms. The number of nitrogens with zero attached hydrogens (tertiary/aromatic N) is 3. The Kier molecular flexibility index (Phi) is 3.26. The van der Waals surface area contributed by atoms with Crippen molar-refractivity contribution in [3.8, 4) is 0 Å². The van der Waals surface area contributed by atoms with Gasteiger partial charge in [0.2, 0.25) is 11.1 Å². The fourth-order valence-corrected chi connectivity index (χ4v) is 2.40. The minimum absolute atomic E-state index is 0.397. The van der Waals surface area contributed by atoms with Crippen LogP contribution in [0.3, 0.4) is 0 Å². The Bertz CT molecular complexity index is 281.